The number of allylic oxidation sites excluding steroid dienone is 3. The smallest absolute Gasteiger partial charge is 0.159 e. The van der Waals surface area contributed by atoms with Crippen LogP contribution in [0.25, 0.3) is 16.7 Å². The fraction of sp³-hybridized carbons (Fsp3) is 0.200. The number of ketones is 1. The summed E-state index contributed by atoms with van der Waals surface area (Å²) in [4.78, 5) is 15.8. The van der Waals surface area contributed by atoms with E-state index in [2.05, 4.69) is 11.6 Å². The van der Waals surface area contributed by atoms with Gasteiger partial charge < -0.3 is 0 Å². The van der Waals surface area contributed by atoms with Crippen LogP contribution in [-0.4, -0.2) is 15.3 Å². The fourth-order valence-corrected chi connectivity index (χ4v) is 1.96. The monoisotopic (exact) mass is 240 g/mol. The van der Waals surface area contributed by atoms with Crippen LogP contribution in [0.2, 0.25) is 0 Å². The number of carbonyl (C=O) groups excluding carboxylic acids is 1. The summed E-state index contributed by atoms with van der Waals surface area (Å²) in [5, 5.41) is 0. The molecular formula is C15H16N2O. The number of fused-ring (bicyclic) bond motifs is 1. The molecule has 0 amide bonds. The van der Waals surface area contributed by atoms with Gasteiger partial charge in [-0.25, -0.2) is 4.98 Å². The van der Waals surface area contributed by atoms with E-state index in [0.717, 1.165) is 22.3 Å². The molecule has 0 atom stereocenters. The Hall–Kier alpha value is -2.16. The van der Waals surface area contributed by atoms with Gasteiger partial charge in [0.05, 0.1) is 11.0 Å². The Morgan fingerprint density at radius 2 is 2.06 bits per heavy atom. The third kappa shape index (κ3) is 1.99. The molecule has 0 N–H and O–H groups in total. The van der Waals surface area contributed by atoms with Crippen LogP contribution in [0.3, 0.4) is 0 Å². The zero-order valence-corrected chi connectivity index (χ0v) is 10.9. The van der Waals surface area contributed by atoms with Crippen LogP contribution in [0.15, 0.2) is 42.8 Å². The molecule has 0 bridgehead atoms. The average Bonchev–Trinajstić information content (AvgIpc) is 2.73. The summed E-state index contributed by atoms with van der Waals surface area (Å²) in [5.74, 6) is 0.0574. The highest BCUT2D eigenvalue weighted by Gasteiger charge is 2.08. The van der Waals surface area contributed by atoms with Gasteiger partial charge in [-0.15, -0.1) is 0 Å². The zero-order valence-electron chi connectivity index (χ0n) is 10.9. The SMILES string of the molecule is C=CC(=C(C)C)n1cnc2ccc(C(C)=O)cc21. The van der Waals surface area contributed by atoms with Crippen LogP contribution in [0, 0.1) is 0 Å². The molecule has 2 rings (SSSR count). The second kappa shape index (κ2) is 4.61. The highest BCUT2D eigenvalue weighted by molar-refractivity contribution is 5.97. The summed E-state index contributed by atoms with van der Waals surface area (Å²) >= 11 is 0. The van der Waals surface area contributed by atoms with Gasteiger partial charge in [-0.05, 0) is 45.0 Å². The summed E-state index contributed by atoms with van der Waals surface area (Å²) in [6, 6.07) is 5.55. The quantitative estimate of drug-likeness (QED) is 0.606. The molecule has 1 aromatic carbocycles. The van der Waals surface area contributed by atoms with Gasteiger partial charge in [-0.2, -0.15) is 0 Å². The van der Waals surface area contributed by atoms with E-state index < -0.39 is 0 Å². The van der Waals surface area contributed by atoms with Gasteiger partial charge in [-0.3, -0.25) is 9.36 Å². The van der Waals surface area contributed by atoms with E-state index in [0.29, 0.717) is 5.56 Å². The Labute approximate surface area is 106 Å². The van der Waals surface area contributed by atoms with E-state index in [4.69, 9.17) is 0 Å². The minimum Gasteiger partial charge on any atom is -0.299 e. The van der Waals surface area contributed by atoms with Gasteiger partial charge in [0.15, 0.2) is 5.78 Å². The van der Waals surface area contributed by atoms with Gasteiger partial charge in [0, 0.05) is 11.3 Å². The number of Topliss-reactive ketones (excluding diaryl/α,β-unsaturated/α-hetero) is 1. The summed E-state index contributed by atoms with van der Waals surface area (Å²) in [5.41, 5.74) is 4.65. The van der Waals surface area contributed by atoms with Crippen LogP contribution >= 0.6 is 0 Å². The fourth-order valence-electron chi connectivity index (χ4n) is 1.96. The van der Waals surface area contributed by atoms with Gasteiger partial charge in [0.1, 0.15) is 6.33 Å². The molecule has 0 aliphatic rings. The highest BCUT2D eigenvalue weighted by Crippen LogP contribution is 2.21. The maximum absolute atomic E-state index is 11.4. The lowest BCUT2D eigenvalue weighted by Crippen LogP contribution is -1.97. The standard InChI is InChI=1S/C15H16N2O/c1-5-14(10(2)3)17-9-16-13-7-6-12(11(4)18)8-15(13)17/h5-9H,1H2,2-4H3. The van der Waals surface area contributed by atoms with E-state index in [1.54, 1.807) is 25.4 Å². The van der Waals surface area contributed by atoms with E-state index >= 15 is 0 Å². The second-order valence-electron chi connectivity index (χ2n) is 4.46. The number of nitrogens with zero attached hydrogens (tertiary/aromatic N) is 2. The number of hydrogen-bond donors (Lipinski definition) is 0. The van der Waals surface area contributed by atoms with Crippen molar-refractivity contribution >= 4 is 22.5 Å². The maximum atomic E-state index is 11.4. The molecule has 0 unspecified atom stereocenters. The lowest BCUT2D eigenvalue weighted by molar-refractivity contribution is 0.101. The van der Waals surface area contributed by atoms with Gasteiger partial charge in [0.2, 0.25) is 0 Å². The van der Waals surface area contributed by atoms with Crippen LogP contribution in [0.1, 0.15) is 31.1 Å². The average molecular weight is 240 g/mol. The summed E-state index contributed by atoms with van der Waals surface area (Å²) < 4.78 is 1.96. The molecule has 0 aliphatic carbocycles. The molecule has 0 saturated carbocycles. The number of carbonyl (C=O) groups is 1. The number of benzene rings is 1. The molecule has 1 heterocycles. The number of imidazole rings is 1. The van der Waals surface area contributed by atoms with E-state index in [-0.39, 0.29) is 5.78 Å². The van der Waals surface area contributed by atoms with E-state index in [1.807, 2.05) is 30.5 Å². The Morgan fingerprint density at radius 3 is 2.61 bits per heavy atom. The summed E-state index contributed by atoms with van der Waals surface area (Å²) in [6.45, 7) is 9.45. The molecule has 18 heavy (non-hydrogen) atoms. The van der Waals surface area contributed by atoms with Gasteiger partial charge >= 0.3 is 0 Å². The predicted molar refractivity (Wildman–Crippen MR) is 74.5 cm³/mol. The van der Waals surface area contributed by atoms with E-state index in [1.165, 1.54) is 0 Å². The maximum Gasteiger partial charge on any atom is 0.159 e. The number of aromatic nitrogens is 2. The molecule has 1 aromatic heterocycles. The first-order valence-corrected chi connectivity index (χ1v) is 5.83. The molecule has 0 fully saturated rings. The molecular weight excluding hydrogens is 224 g/mol. The second-order valence-corrected chi connectivity index (χ2v) is 4.46. The largest absolute Gasteiger partial charge is 0.299 e. The highest BCUT2D eigenvalue weighted by atomic mass is 16.1. The Bertz CT molecular complexity index is 658. The molecule has 92 valence electrons. The number of rotatable bonds is 3. The number of hydrogen-bond acceptors (Lipinski definition) is 2. The van der Waals surface area contributed by atoms with Crippen molar-refractivity contribution in [3.63, 3.8) is 0 Å². The van der Waals surface area contributed by atoms with Crippen molar-refractivity contribution in [3.05, 3.63) is 48.3 Å². The Morgan fingerprint density at radius 1 is 1.33 bits per heavy atom. The molecule has 3 heteroatoms. The molecule has 0 radical (unpaired) electrons. The topological polar surface area (TPSA) is 34.9 Å². The van der Waals surface area contributed by atoms with Crippen molar-refractivity contribution in [1.82, 2.24) is 9.55 Å². The zero-order chi connectivity index (χ0) is 13.3. The lowest BCUT2D eigenvalue weighted by Gasteiger charge is -2.08. The minimum atomic E-state index is 0.0574. The minimum absolute atomic E-state index is 0.0574. The van der Waals surface area contributed by atoms with Crippen molar-refractivity contribution in [1.29, 1.82) is 0 Å². The van der Waals surface area contributed by atoms with E-state index in [9.17, 15) is 4.79 Å². The Balaban J connectivity index is 2.73. The molecule has 3 nitrogen and oxygen atoms in total. The van der Waals surface area contributed by atoms with Gasteiger partial charge in [-0.1, -0.05) is 12.2 Å². The van der Waals surface area contributed by atoms with Crippen LogP contribution in [-0.2, 0) is 0 Å². The van der Waals surface area contributed by atoms with Crippen molar-refractivity contribution < 1.29 is 4.79 Å². The van der Waals surface area contributed by atoms with Crippen LogP contribution in [0.4, 0.5) is 0 Å². The first-order valence-electron chi connectivity index (χ1n) is 5.83. The molecule has 2 aromatic rings. The van der Waals surface area contributed by atoms with Crippen molar-refractivity contribution in [2.24, 2.45) is 0 Å². The Kier molecular flexibility index (Phi) is 3.15. The summed E-state index contributed by atoms with van der Waals surface area (Å²) in [7, 11) is 0. The lowest BCUT2D eigenvalue weighted by atomic mass is 10.1. The van der Waals surface area contributed by atoms with Crippen LogP contribution in [0.5, 0.6) is 0 Å². The third-order valence-corrected chi connectivity index (χ3v) is 2.92. The van der Waals surface area contributed by atoms with Crippen molar-refractivity contribution in [2.45, 2.75) is 20.8 Å². The normalized spacial score (nSPS) is 10.4. The summed E-state index contributed by atoms with van der Waals surface area (Å²) in [6.07, 6.45) is 3.56. The van der Waals surface area contributed by atoms with Crippen LogP contribution < -0.4 is 0 Å². The molecule has 0 spiro atoms. The first kappa shape index (κ1) is 12.3. The molecule has 0 aliphatic heterocycles. The van der Waals surface area contributed by atoms with Crippen molar-refractivity contribution in [3.8, 4) is 0 Å². The van der Waals surface area contributed by atoms with Gasteiger partial charge in [0.25, 0.3) is 0 Å². The third-order valence-electron chi connectivity index (χ3n) is 2.92. The predicted octanol–water partition coefficient (Wildman–Crippen LogP) is 3.68. The molecule has 0 saturated heterocycles. The first-order chi connectivity index (χ1) is 8.54. The van der Waals surface area contributed by atoms with Crippen molar-refractivity contribution in [2.75, 3.05) is 0 Å².